The van der Waals surface area contributed by atoms with Gasteiger partial charge in [-0.15, -0.1) is 0 Å². The number of alkyl halides is 3. The molecule has 0 aromatic carbocycles. The molecule has 0 bridgehead atoms. The molecular formula is C17H25F3N4. The molecule has 2 aliphatic heterocycles. The number of nitrogens with zero attached hydrogens (tertiary/aromatic N) is 4. The van der Waals surface area contributed by atoms with E-state index in [0.29, 0.717) is 6.04 Å². The molecule has 0 unspecified atom stereocenters. The average molecular weight is 342 g/mol. The van der Waals surface area contributed by atoms with Crippen molar-refractivity contribution in [3.63, 3.8) is 0 Å². The Balaban J connectivity index is 1.73. The Bertz CT molecular complexity index is 565. The smallest absolute Gasteiger partial charge is 0.340 e. The second-order valence-corrected chi connectivity index (χ2v) is 7.39. The van der Waals surface area contributed by atoms with E-state index in [0.717, 1.165) is 57.9 Å². The van der Waals surface area contributed by atoms with E-state index >= 15 is 0 Å². The summed E-state index contributed by atoms with van der Waals surface area (Å²) in [4.78, 5) is 12.3. The minimum Gasteiger partial charge on any atom is -0.340 e. The van der Waals surface area contributed by atoms with E-state index in [-0.39, 0.29) is 11.4 Å². The summed E-state index contributed by atoms with van der Waals surface area (Å²) in [5.41, 5.74) is -0.664. The Kier molecular flexibility index (Phi) is 4.73. The van der Waals surface area contributed by atoms with Crippen LogP contribution in [0, 0.1) is 5.41 Å². The van der Waals surface area contributed by atoms with Crippen molar-refractivity contribution in [1.29, 1.82) is 0 Å². The van der Waals surface area contributed by atoms with E-state index in [2.05, 4.69) is 28.7 Å². The van der Waals surface area contributed by atoms with Gasteiger partial charge in [-0.1, -0.05) is 0 Å². The number of hydrogen-bond donors (Lipinski definition) is 0. The highest BCUT2D eigenvalue weighted by molar-refractivity contribution is 5.32. The fourth-order valence-corrected chi connectivity index (χ4v) is 3.96. The standard InChI is InChI=1S/C17H25F3N4/c1-13(2)23-10-6-16(7-11-23)5-3-9-24(12-16)15-21-8-4-14(22-15)17(18,19)20/h4,8,13H,3,5-7,9-12H2,1-2H3. The summed E-state index contributed by atoms with van der Waals surface area (Å²) in [5.74, 6) is 0.218. The van der Waals surface area contributed by atoms with Crippen LogP contribution in [0.5, 0.6) is 0 Å². The molecule has 24 heavy (non-hydrogen) atoms. The van der Waals surface area contributed by atoms with E-state index in [1.165, 1.54) is 6.20 Å². The molecule has 0 amide bonds. The van der Waals surface area contributed by atoms with Gasteiger partial charge in [0.25, 0.3) is 0 Å². The first-order valence-corrected chi connectivity index (χ1v) is 8.68. The van der Waals surface area contributed by atoms with Crippen LogP contribution in [-0.4, -0.2) is 47.1 Å². The second-order valence-electron chi connectivity index (χ2n) is 7.39. The number of rotatable bonds is 2. The van der Waals surface area contributed by atoms with Crippen molar-refractivity contribution in [1.82, 2.24) is 14.9 Å². The SMILES string of the molecule is CC(C)N1CCC2(CCCN(c3nccc(C(F)(F)F)n3)C2)CC1. The minimum atomic E-state index is -4.42. The Morgan fingerprint density at radius 1 is 1.12 bits per heavy atom. The molecule has 0 saturated carbocycles. The maximum atomic E-state index is 12.9. The van der Waals surface area contributed by atoms with Gasteiger partial charge in [0.05, 0.1) is 0 Å². The van der Waals surface area contributed by atoms with Crippen LogP contribution in [0.25, 0.3) is 0 Å². The first-order chi connectivity index (χ1) is 11.3. The first kappa shape index (κ1) is 17.5. The molecular weight excluding hydrogens is 317 g/mol. The largest absolute Gasteiger partial charge is 0.433 e. The van der Waals surface area contributed by atoms with Gasteiger partial charge in [-0.25, -0.2) is 9.97 Å². The highest BCUT2D eigenvalue weighted by atomic mass is 19.4. The zero-order chi connectivity index (χ0) is 17.4. The first-order valence-electron chi connectivity index (χ1n) is 8.68. The molecule has 134 valence electrons. The van der Waals surface area contributed by atoms with Crippen LogP contribution in [0.4, 0.5) is 19.1 Å². The molecule has 2 fully saturated rings. The van der Waals surface area contributed by atoms with Gasteiger partial charge >= 0.3 is 6.18 Å². The summed E-state index contributed by atoms with van der Waals surface area (Å²) in [5, 5.41) is 0. The monoisotopic (exact) mass is 342 g/mol. The third-order valence-electron chi connectivity index (χ3n) is 5.47. The highest BCUT2D eigenvalue weighted by Crippen LogP contribution is 2.41. The van der Waals surface area contributed by atoms with Crippen molar-refractivity contribution < 1.29 is 13.2 Å². The lowest BCUT2D eigenvalue weighted by molar-refractivity contribution is -0.141. The van der Waals surface area contributed by atoms with E-state index in [1.54, 1.807) is 0 Å². The third-order valence-corrected chi connectivity index (χ3v) is 5.47. The Morgan fingerprint density at radius 2 is 1.83 bits per heavy atom. The number of aromatic nitrogens is 2. The van der Waals surface area contributed by atoms with Gasteiger partial charge in [0, 0.05) is 25.3 Å². The van der Waals surface area contributed by atoms with Crippen molar-refractivity contribution >= 4 is 5.95 Å². The zero-order valence-electron chi connectivity index (χ0n) is 14.3. The predicted octanol–water partition coefficient (Wildman–Crippen LogP) is 3.59. The molecule has 2 aliphatic rings. The van der Waals surface area contributed by atoms with E-state index in [9.17, 15) is 13.2 Å². The van der Waals surface area contributed by atoms with Crippen LogP contribution < -0.4 is 4.90 Å². The van der Waals surface area contributed by atoms with Crippen molar-refractivity contribution in [2.24, 2.45) is 5.41 Å². The normalized spacial score (nSPS) is 22.3. The topological polar surface area (TPSA) is 32.3 Å². The van der Waals surface area contributed by atoms with E-state index in [1.807, 2.05) is 4.90 Å². The summed E-state index contributed by atoms with van der Waals surface area (Å²) in [6.07, 6.45) is 1.12. The molecule has 1 aromatic heterocycles. The molecule has 0 radical (unpaired) electrons. The van der Waals surface area contributed by atoms with Gasteiger partial charge in [-0.2, -0.15) is 13.2 Å². The maximum absolute atomic E-state index is 12.9. The zero-order valence-corrected chi connectivity index (χ0v) is 14.3. The molecule has 2 saturated heterocycles. The summed E-state index contributed by atoms with van der Waals surface area (Å²) in [6, 6.07) is 1.48. The molecule has 7 heteroatoms. The molecule has 0 N–H and O–H groups in total. The van der Waals surface area contributed by atoms with Gasteiger partial charge in [0.1, 0.15) is 5.69 Å². The molecule has 1 spiro atoms. The Hall–Kier alpha value is -1.37. The minimum absolute atomic E-state index is 0.196. The fourth-order valence-electron chi connectivity index (χ4n) is 3.96. The van der Waals surface area contributed by atoms with Crippen molar-refractivity contribution in [2.75, 3.05) is 31.1 Å². The Labute approximate surface area is 141 Å². The maximum Gasteiger partial charge on any atom is 0.433 e. The van der Waals surface area contributed by atoms with Gasteiger partial charge in [-0.05, 0) is 64.1 Å². The number of hydrogen-bond acceptors (Lipinski definition) is 4. The van der Waals surface area contributed by atoms with Crippen LogP contribution in [0.2, 0.25) is 0 Å². The second kappa shape index (κ2) is 6.50. The summed E-state index contributed by atoms with van der Waals surface area (Å²) in [7, 11) is 0. The van der Waals surface area contributed by atoms with Crippen molar-refractivity contribution in [3.05, 3.63) is 18.0 Å². The summed E-state index contributed by atoms with van der Waals surface area (Å²) < 4.78 is 38.7. The van der Waals surface area contributed by atoms with Crippen LogP contribution in [0.1, 0.15) is 45.2 Å². The van der Waals surface area contributed by atoms with Crippen LogP contribution in [0.3, 0.4) is 0 Å². The van der Waals surface area contributed by atoms with E-state index in [4.69, 9.17) is 0 Å². The lowest BCUT2D eigenvalue weighted by atomic mass is 9.72. The number of piperidine rings is 2. The number of anilines is 1. The van der Waals surface area contributed by atoms with Gasteiger partial charge in [0.15, 0.2) is 0 Å². The number of halogens is 3. The fraction of sp³-hybridized carbons (Fsp3) is 0.765. The van der Waals surface area contributed by atoms with Crippen LogP contribution in [0.15, 0.2) is 12.3 Å². The van der Waals surface area contributed by atoms with Crippen molar-refractivity contribution in [3.8, 4) is 0 Å². The quantitative estimate of drug-likeness (QED) is 0.822. The predicted molar refractivity (Wildman–Crippen MR) is 86.9 cm³/mol. The third kappa shape index (κ3) is 3.66. The lowest BCUT2D eigenvalue weighted by Crippen LogP contribution is -2.51. The molecule has 1 aromatic rings. The molecule has 3 rings (SSSR count). The molecule has 3 heterocycles. The number of likely N-dealkylation sites (tertiary alicyclic amines) is 1. The molecule has 0 aliphatic carbocycles. The molecule has 4 nitrogen and oxygen atoms in total. The van der Waals surface area contributed by atoms with Gasteiger partial charge < -0.3 is 9.80 Å². The molecule has 0 atom stereocenters. The lowest BCUT2D eigenvalue weighted by Gasteiger charge is -2.48. The van der Waals surface area contributed by atoms with Crippen LogP contribution >= 0.6 is 0 Å². The van der Waals surface area contributed by atoms with E-state index < -0.39 is 11.9 Å². The summed E-state index contributed by atoms with van der Waals surface area (Å²) in [6.45, 7) is 8.05. The highest BCUT2D eigenvalue weighted by Gasteiger charge is 2.40. The Morgan fingerprint density at radius 3 is 2.46 bits per heavy atom. The van der Waals surface area contributed by atoms with Crippen molar-refractivity contribution in [2.45, 2.75) is 51.7 Å². The average Bonchev–Trinajstić information content (AvgIpc) is 2.55. The van der Waals surface area contributed by atoms with Gasteiger partial charge in [-0.3, -0.25) is 0 Å². The van der Waals surface area contributed by atoms with Gasteiger partial charge in [0.2, 0.25) is 5.95 Å². The summed E-state index contributed by atoms with van der Waals surface area (Å²) >= 11 is 0. The van der Waals surface area contributed by atoms with Crippen LogP contribution in [-0.2, 0) is 6.18 Å².